The summed E-state index contributed by atoms with van der Waals surface area (Å²) in [7, 11) is 0. The molecule has 0 bridgehead atoms. The highest BCUT2D eigenvalue weighted by atomic mass is 16.4. The predicted molar refractivity (Wildman–Crippen MR) is 84.4 cm³/mol. The molecule has 4 heteroatoms. The van der Waals surface area contributed by atoms with Gasteiger partial charge in [0.1, 0.15) is 12.3 Å². The minimum absolute atomic E-state index is 0.00225. The van der Waals surface area contributed by atoms with Gasteiger partial charge in [-0.1, -0.05) is 25.9 Å². The third kappa shape index (κ3) is 3.97. The van der Waals surface area contributed by atoms with E-state index in [0.717, 1.165) is 17.7 Å². The number of nitrogens with zero attached hydrogens (tertiary/aromatic N) is 1. The largest absolute Gasteiger partial charge is 0.507 e. The third-order valence-corrected chi connectivity index (χ3v) is 4.28. The van der Waals surface area contributed by atoms with E-state index in [1.165, 1.54) is 43.5 Å². The van der Waals surface area contributed by atoms with Gasteiger partial charge in [-0.2, -0.15) is 0 Å². The first-order valence-electron chi connectivity index (χ1n) is 7.79. The molecule has 1 aromatic carbocycles. The van der Waals surface area contributed by atoms with Crippen LogP contribution in [-0.2, 0) is 12.0 Å². The lowest BCUT2D eigenvalue weighted by Crippen LogP contribution is -3.11. The molecule has 1 aliphatic heterocycles. The maximum atomic E-state index is 10.4. The van der Waals surface area contributed by atoms with Gasteiger partial charge in [0.2, 0.25) is 0 Å². The summed E-state index contributed by atoms with van der Waals surface area (Å²) in [5.74, 6) is 0.249. The first kappa shape index (κ1) is 15.8. The first-order valence-corrected chi connectivity index (χ1v) is 7.79. The number of nitrogens with one attached hydrogen (secondary N) is 1. The van der Waals surface area contributed by atoms with E-state index in [-0.39, 0.29) is 11.2 Å². The van der Waals surface area contributed by atoms with Crippen molar-refractivity contribution in [3.63, 3.8) is 0 Å². The molecule has 1 fully saturated rings. The van der Waals surface area contributed by atoms with Crippen LogP contribution in [0.3, 0.4) is 0 Å². The molecule has 0 radical (unpaired) electrons. The highest BCUT2D eigenvalue weighted by Crippen LogP contribution is 2.30. The Kier molecular flexibility index (Phi) is 4.88. The summed E-state index contributed by atoms with van der Waals surface area (Å²) in [6, 6.07) is 4.01. The minimum atomic E-state index is -0.00225. The quantitative estimate of drug-likeness (QED) is 0.453. The zero-order chi connectivity index (χ0) is 15.5. The van der Waals surface area contributed by atoms with Crippen molar-refractivity contribution in [1.29, 1.82) is 0 Å². The van der Waals surface area contributed by atoms with Crippen LogP contribution in [-0.4, -0.2) is 29.6 Å². The number of hydrogen-bond donors (Lipinski definition) is 3. The van der Waals surface area contributed by atoms with Gasteiger partial charge in [0.15, 0.2) is 0 Å². The number of oxime groups is 1. The summed E-state index contributed by atoms with van der Waals surface area (Å²) in [4.78, 5) is 1.52. The monoisotopic (exact) mass is 291 g/mol. The van der Waals surface area contributed by atoms with Gasteiger partial charge >= 0.3 is 0 Å². The van der Waals surface area contributed by atoms with E-state index in [4.69, 9.17) is 5.21 Å². The van der Waals surface area contributed by atoms with Crippen molar-refractivity contribution in [3.05, 3.63) is 28.8 Å². The molecule has 0 aromatic heterocycles. The third-order valence-electron chi connectivity index (χ3n) is 4.28. The van der Waals surface area contributed by atoms with Gasteiger partial charge < -0.3 is 15.2 Å². The molecule has 0 amide bonds. The highest BCUT2D eigenvalue weighted by Gasteiger charge is 2.21. The van der Waals surface area contributed by atoms with Crippen LogP contribution < -0.4 is 4.90 Å². The molecular weight excluding hydrogens is 264 g/mol. The zero-order valence-electron chi connectivity index (χ0n) is 13.3. The highest BCUT2D eigenvalue weighted by molar-refractivity contribution is 5.84. The van der Waals surface area contributed by atoms with Crippen LogP contribution in [0.15, 0.2) is 17.3 Å². The van der Waals surface area contributed by atoms with Gasteiger partial charge in [0.05, 0.1) is 19.3 Å². The molecule has 0 atom stereocenters. The van der Waals surface area contributed by atoms with Crippen molar-refractivity contribution in [3.8, 4) is 5.75 Å². The summed E-state index contributed by atoms with van der Waals surface area (Å²) in [6.07, 6.45) is 5.17. The van der Waals surface area contributed by atoms with Crippen LogP contribution in [0, 0.1) is 0 Å². The Morgan fingerprint density at radius 2 is 1.86 bits per heavy atom. The fourth-order valence-corrected chi connectivity index (χ4v) is 2.95. The van der Waals surface area contributed by atoms with E-state index in [1.54, 1.807) is 0 Å². The van der Waals surface area contributed by atoms with E-state index in [0.29, 0.717) is 5.56 Å². The number of likely N-dealkylation sites (tertiary alicyclic amines) is 1. The number of phenolic OH excluding ortho intramolecular Hbond substituents is 1. The topological polar surface area (TPSA) is 57.3 Å². The Morgan fingerprint density at radius 1 is 1.19 bits per heavy atom. The Bertz CT molecular complexity index is 512. The Hall–Kier alpha value is -1.55. The van der Waals surface area contributed by atoms with Crippen molar-refractivity contribution in [2.75, 3.05) is 13.1 Å². The SMILES string of the molecule is CC(C)(C)c1cc(/C=N\O)c(O)c(C[NH+]2CCCCC2)c1. The lowest BCUT2D eigenvalue weighted by molar-refractivity contribution is -0.918. The summed E-state index contributed by atoms with van der Waals surface area (Å²) < 4.78 is 0. The lowest BCUT2D eigenvalue weighted by Gasteiger charge is -2.26. The van der Waals surface area contributed by atoms with Crippen LogP contribution in [0.25, 0.3) is 0 Å². The van der Waals surface area contributed by atoms with E-state index in [1.807, 2.05) is 6.07 Å². The van der Waals surface area contributed by atoms with Gasteiger partial charge in [-0.25, -0.2) is 0 Å². The predicted octanol–water partition coefficient (Wildman–Crippen LogP) is 2.07. The van der Waals surface area contributed by atoms with Gasteiger partial charge in [-0.05, 0) is 42.4 Å². The van der Waals surface area contributed by atoms with Crippen molar-refractivity contribution < 1.29 is 15.2 Å². The fraction of sp³-hybridized carbons (Fsp3) is 0.588. The van der Waals surface area contributed by atoms with Crippen LogP contribution in [0.2, 0.25) is 0 Å². The molecule has 0 unspecified atom stereocenters. The fourth-order valence-electron chi connectivity index (χ4n) is 2.95. The average Bonchev–Trinajstić information content (AvgIpc) is 2.43. The molecule has 1 aliphatic rings. The maximum absolute atomic E-state index is 10.4. The molecule has 116 valence electrons. The first-order chi connectivity index (χ1) is 9.91. The molecule has 0 spiro atoms. The van der Waals surface area contributed by atoms with E-state index >= 15 is 0 Å². The zero-order valence-corrected chi connectivity index (χ0v) is 13.3. The molecule has 1 heterocycles. The Balaban J connectivity index is 2.35. The second-order valence-corrected chi connectivity index (χ2v) is 7.06. The number of piperidine rings is 1. The average molecular weight is 291 g/mol. The molecule has 0 aliphatic carbocycles. The van der Waals surface area contributed by atoms with Crippen molar-refractivity contribution in [2.45, 2.75) is 52.0 Å². The number of aromatic hydroxyl groups is 1. The number of rotatable bonds is 3. The van der Waals surface area contributed by atoms with Crippen LogP contribution >= 0.6 is 0 Å². The van der Waals surface area contributed by atoms with Crippen molar-refractivity contribution in [1.82, 2.24) is 0 Å². The summed E-state index contributed by atoms with van der Waals surface area (Å²) in [5, 5.41) is 22.3. The van der Waals surface area contributed by atoms with Gasteiger partial charge in [0, 0.05) is 11.1 Å². The smallest absolute Gasteiger partial charge is 0.133 e. The maximum Gasteiger partial charge on any atom is 0.133 e. The standard InChI is InChI=1S/C17H26N2O2/c1-17(2,3)15-9-13(11-18-21)16(20)14(10-15)12-19-7-5-4-6-8-19/h9-11,20-21H,4-8,12H2,1-3H3/p+1/b18-11-. The molecule has 1 saturated heterocycles. The summed E-state index contributed by atoms with van der Waals surface area (Å²) in [5.41, 5.74) is 2.70. The van der Waals surface area contributed by atoms with Crippen LogP contribution in [0.5, 0.6) is 5.75 Å². The minimum Gasteiger partial charge on any atom is -0.507 e. The molecular formula is C17H27N2O2+. The molecule has 0 saturated carbocycles. The van der Waals surface area contributed by atoms with Crippen LogP contribution in [0.4, 0.5) is 0 Å². The second kappa shape index (κ2) is 6.48. The Labute approximate surface area is 127 Å². The number of quaternary nitrogens is 1. The van der Waals surface area contributed by atoms with Gasteiger partial charge in [-0.15, -0.1) is 0 Å². The Morgan fingerprint density at radius 3 is 2.43 bits per heavy atom. The normalized spacial score (nSPS) is 17.5. The van der Waals surface area contributed by atoms with Gasteiger partial charge in [0.25, 0.3) is 0 Å². The molecule has 3 N–H and O–H groups in total. The van der Waals surface area contributed by atoms with Crippen molar-refractivity contribution in [2.24, 2.45) is 5.16 Å². The lowest BCUT2D eigenvalue weighted by atomic mass is 9.84. The molecule has 2 rings (SSSR count). The number of phenols is 1. The van der Waals surface area contributed by atoms with Crippen LogP contribution in [0.1, 0.15) is 56.7 Å². The number of benzene rings is 1. The van der Waals surface area contributed by atoms with Crippen molar-refractivity contribution >= 4 is 6.21 Å². The van der Waals surface area contributed by atoms with E-state index in [2.05, 4.69) is 32.0 Å². The van der Waals surface area contributed by atoms with E-state index < -0.39 is 0 Å². The second-order valence-electron chi connectivity index (χ2n) is 7.06. The summed E-state index contributed by atoms with van der Waals surface area (Å²) in [6.45, 7) is 9.62. The van der Waals surface area contributed by atoms with Gasteiger partial charge in [-0.3, -0.25) is 0 Å². The molecule has 4 nitrogen and oxygen atoms in total. The molecule has 1 aromatic rings. The number of hydrogen-bond acceptors (Lipinski definition) is 3. The van der Waals surface area contributed by atoms with E-state index in [9.17, 15) is 5.11 Å². The molecule has 21 heavy (non-hydrogen) atoms. The summed E-state index contributed by atoms with van der Waals surface area (Å²) >= 11 is 0.